The third kappa shape index (κ3) is 3.62. The fraction of sp³-hybridized carbons (Fsp3) is 0.500. The summed E-state index contributed by atoms with van der Waals surface area (Å²) < 4.78 is 4.53. The van der Waals surface area contributed by atoms with Crippen LogP contribution in [0.5, 0.6) is 0 Å². The molecule has 0 spiro atoms. The maximum atomic E-state index is 10.5. The molecule has 0 heterocycles. The number of esters is 1. The number of hydrogen-bond donors (Lipinski definition) is 1. The average Bonchev–Trinajstić information content (AvgIpc) is 1.85. The maximum Gasteiger partial charge on any atom is 0.418 e. The molecule has 12 heavy (non-hydrogen) atoms. The molecule has 0 bridgehead atoms. The van der Waals surface area contributed by atoms with Crippen LogP contribution in [0.4, 0.5) is 0 Å². The van der Waals surface area contributed by atoms with Crippen molar-refractivity contribution in [2.24, 2.45) is 0 Å². The van der Waals surface area contributed by atoms with Crippen molar-refractivity contribution >= 4 is 11.9 Å². The van der Waals surface area contributed by atoms with Gasteiger partial charge in [-0.3, -0.25) is 0 Å². The van der Waals surface area contributed by atoms with Crippen molar-refractivity contribution in [2.75, 3.05) is 0 Å². The van der Waals surface area contributed by atoms with Gasteiger partial charge in [0, 0.05) is 0 Å². The molecule has 66 valence electrons. The minimum atomic E-state index is -1.61. The van der Waals surface area contributed by atoms with Crippen LogP contribution in [-0.4, -0.2) is 22.6 Å². The zero-order chi connectivity index (χ0) is 9.78. The monoisotopic (exact) mass is 170 g/mol. The normalized spacial score (nSPS) is 9.58. The molecule has 0 aliphatic carbocycles. The predicted molar refractivity (Wildman–Crippen MR) is 41.3 cm³/mol. The molecule has 0 radical (unpaired) electrons. The summed E-state index contributed by atoms with van der Waals surface area (Å²) >= 11 is 0. The van der Waals surface area contributed by atoms with Crippen molar-refractivity contribution in [1.82, 2.24) is 0 Å². The fourth-order valence-corrected chi connectivity index (χ4v) is 0.602. The first-order chi connectivity index (χ1) is 5.39. The molecular formula is C8H10O4. The number of carboxylic acids is 1. The summed E-state index contributed by atoms with van der Waals surface area (Å²) in [7, 11) is 0. The average molecular weight is 170 g/mol. The summed E-state index contributed by atoms with van der Waals surface area (Å²) in [5.41, 5.74) is -1.04. The molecule has 0 saturated heterocycles. The van der Waals surface area contributed by atoms with Crippen molar-refractivity contribution in [3.8, 4) is 11.8 Å². The minimum absolute atomic E-state index is 1.04. The summed E-state index contributed by atoms with van der Waals surface area (Å²) in [5, 5.41) is 8.19. The first-order valence-electron chi connectivity index (χ1n) is 3.29. The Bertz CT molecular complexity index is 254. The maximum absolute atomic E-state index is 10.5. The number of carbonyl (C=O) groups is 2. The molecule has 0 aromatic rings. The second-order valence-electron chi connectivity index (χ2n) is 2.58. The third-order valence-corrected chi connectivity index (χ3v) is 0.949. The van der Waals surface area contributed by atoms with E-state index in [4.69, 9.17) is 5.11 Å². The molecule has 0 rings (SSSR count). The lowest BCUT2D eigenvalue weighted by Crippen LogP contribution is -2.30. The Balaban J connectivity index is 4.31. The van der Waals surface area contributed by atoms with Crippen LogP contribution in [0.25, 0.3) is 0 Å². The highest BCUT2D eigenvalue weighted by Crippen LogP contribution is 2.07. The van der Waals surface area contributed by atoms with Gasteiger partial charge < -0.3 is 9.84 Å². The Hall–Kier alpha value is -1.50. The van der Waals surface area contributed by atoms with Gasteiger partial charge >= 0.3 is 11.9 Å². The lowest BCUT2D eigenvalue weighted by Gasteiger charge is -2.16. The molecule has 0 aliphatic rings. The summed E-state index contributed by atoms with van der Waals surface area (Å²) in [6, 6.07) is 0. The van der Waals surface area contributed by atoms with Crippen molar-refractivity contribution in [2.45, 2.75) is 26.4 Å². The van der Waals surface area contributed by atoms with Crippen LogP contribution in [0, 0.1) is 11.8 Å². The molecule has 4 heteroatoms. The fourth-order valence-electron chi connectivity index (χ4n) is 0.602. The van der Waals surface area contributed by atoms with Crippen LogP contribution in [0.15, 0.2) is 0 Å². The van der Waals surface area contributed by atoms with Gasteiger partial charge in [-0.1, -0.05) is 5.92 Å². The molecule has 0 aromatic carbocycles. The molecule has 0 aromatic heterocycles. The van der Waals surface area contributed by atoms with Gasteiger partial charge in [-0.2, -0.15) is 0 Å². The number of aliphatic carboxylic acids is 1. The van der Waals surface area contributed by atoms with Gasteiger partial charge in [0.05, 0.1) is 0 Å². The number of hydrogen-bond acceptors (Lipinski definition) is 3. The summed E-state index contributed by atoms with van der Waals surface area (Å²) in [6.07, 6.45) is 0. The Morgan fingerprint density at radius 3 is 2.25 bits per heavy atom. The molecule has 0 fully saturated rings. The molecule has 0 atom stereocenters. The van der Waals surface area contributed by atoms with Gasteiger partial charge in [-0.15, -0.1) is 5.92 Å². The van der Waals surface area contributed by atoms with E-state index >= 15 is 0 Å². The van der Waals surface area contributed by atoms with E-state index in [9.17, 15) is 9.59 Å². The van der Waals surface area contributed by atoms with Crippen LogP contribution in [0.2, 0.25) is 0 Å². The van der Waals surface area contributed by atoms with Crippen LogP contribution in [-0.2, 0) is 14.3 Å². The lowest BCUT2D eigenvalue weighted by molar-refractivity contribution is -0.169. The van der Waals surface area contributed by atoms with E-state index in [1.54, 1.807) is 6.92 Å². The second kappa shape index (κ2) is 3.77. The highest BCUT2D eigenvalue weighted by atomic mass is 16.6. The number of ether oxygens (including phenoxy) is 1. The van der Waals surface area contributed by atoms with Crippen molar-refractivity contribution in [3.05, 3.63) is 0 Å². The van der Waals surface area contributed by atoms with Crippen molar-refractivity contribution in [3.63, 3.8) is 0 Å². The zero-order valence-electron chi connectivity index (χ0n) is 7.17. The van der Waals surface area contributed by atoms with Gasteiger partial charge in [0.2, 0.25) is 0 Å². The minimum Gasteiger partial charge on any atom is -0.473 e. The molecule has 1 N–H and O–H groups in total. The smallest absolute Gasteiger partial charge is 0.418 e. The topological polar surface area (TPSA) is 63.6 Å². The van der Waals surface area contributed by atoms with E-state index < -0.39 is 17.5 Å². The number of carbonyl (C=O) groups excluding carboxylic acids is 1. The summed E-state index contributed by atoms with van der Waals surface area (Å²) in [6.45, 7) is 4.62. The largest absolute Gasteiger partial charge is 0.473 e. The Labute approximate surface area is 70.5 Å². The van der Waals surface area contributed by atoms with Crippen LogP contribution < -0.4 is 0 Å². The third-order valence-electron chi connectivity index (χ3n) is 0.949. The molecule has 0 aliphatic heterocycles. The number of rotatable bonds is 1. The lowest BCUT2D eigenvalue weighted by atomic mass is 10.1. The van der Waals surface area contributed by atoms with E-state index in [1.165, 1.54) is 13.8 Å². The highest BCUT2D eigenvalue weighted by molar-refractivity contribution is 6.28. The van der Waals surface area contributed by atoms with Crippen LogP contribution in [0.3, 0.4) is 0 Å². The SMILES string of the molecule is CC#CC(C)(C)OC(=O)C(=O)O. The van der Waals surface area contributed by atoms with Gasteiger partial charge in [0.15, 0.2) is 5.60 Å². The van der Waals surface area contributed by atoms with Gasteiger partial charge in [0.25, 0.3) is 0 Å². The van der Waals surface area contributed by atoms with Crippen LogP contribution >= 0.6 is 0 Å². The zero-order valence-corrected chi connectivity index (χ0v) is 7.17. The Morgan fingerprint density at radius 1 is 1.42 bits per heavy atom. The Kier molecular flexibility index (Phi) is 3.30. The highest BCUT2D eigenvalue weighted by Gasteiger charge is 2.24. The molecule has 0 amide bonds. The van der Waals surface area contributed by atoms with E-state index in [0.29, 0.717) is 0 Å². The number of carboxylic acid groups (broad SMARTS) is 1. The van der Waals surface area contributed by atoms with Crippen molar-refractivity contribution < 1.29 is 19.4 Å². The second-order valence-corrected chi connectivity index (χ2v) is 2.58. The predicted octanol–water partition coefficient (Wildman–Crippen LogP) is 0.416. The molecule has 0 saturated carbocycles. The standard InChI is InChI=1S/C8H10O4/c1-4-5-8(2,3)12-7(11)6(9)10/h1-3H3,(H,9,10). The molecule has 4 nitrogen and oxygen atoms in total. The molecular weight excluding hydrogens is 160 g/mol. The summed E-state index contributed by atoms with van der Waals surface area (Å²) in [5.74, 6) is 2.18. The quantitative estimate of drug-likeness (QED) is 0.352. The van der Waals surface area contributed by atoms with Gasteiger partial charge in [-0.05, 0) is 20.8 Å². The van der Waals surface area contributed by atoms with E-state index in [2.05, 4.69) is 16.6 Å². The van der Waals surface area contributed by atoms with Crippen molar-refractivity contribution in [1.29, 1.82) is 0 Å². The first-order valence-corrected chi connectivity index (χ1v) is 3.29. The summed E-state index contributed by atoms with van der Waals surface area (Å²) in [4.78, 5) is 20.6. The van der Waals surface area contributed by atoms with E-state index in [-0.39, 0.29) is 0 Å². The van der Waals surface area contributed by atoms with Gasteiger partial charge in [0.1, 0.15) is 0 Å². The van der Waals surface area contributed by atoms with Gasteiger partial charge in [-0.25, -0.2) is 9.59 Å². The Morgan fingerprint density at radius 2 is 1.92 bits per heavy atom. The molecule has 0 unspecified atom stereocenters. The van der Waals surface area contributed by atoms with Crippen LogP contribution in [0.1, 0.15) is 20.8 Å². The van der Waals surface area contributed by atoms with E-state index in [1.807, 2.05) is 0 Å². The van der Waals surface area contributed by atoms with E-state index in [0.717, 1.165) is 0 Å². The first kappa shape index (κ1) is 10.5.